The van der Waals surface area contributed by atoms with Crippen LogP contribution in [0, 0.1) is 0 Å². The molecule has 0 unspecified atom stereocenters. The van der Waals surface area contributed by atoms with Crippen LogP contribution >= 0.6 is 23.4 Å². The third kappa shape index (κ3) is 5.40. The highest BCUT2D eigenvalue weighted by Gasteiger charge is 2.36. The summed E-state index contributed by atoms with van der Waals surface area (Å²) in [5, 5.41) is 0.124. The number of amides is 2. The Kier molecular flexibility index (Phi) is 6.95. The summed E-state index contributed by atoms with van der Waals surface area (Å²) in [6, 6.07) is 14.5. The van der Waals surface area contributed by atoms with E-state index in [2.05, 4.69) is 0 Å². The maximum Gasteiger partial charge on any atom is 0.326 e. The molecule has 2 amide bonds. The Balaban J connectivity index is 1.70. The van der Waals surface area contributed by atoms with Gasteiger partial charge in [0.1, 0.15) is 18.9 Å². The fraction of sp³-hybridized carbons (Fsp3) is 0.190. The second kappa shape index (κ2) is 9.62. The summed E-state index contributed by atoms with van der Waals surface area (Å²) in [5.74, 6) is -0.536. The van der Waals surface area contributed by atoms with Crippen molar-refractivity contribution in [3.05, 3.63) is 69.6 Å². The first-order valence-corrected chi connectivity index (χ1v) is 10.0. The summed E-state index contributed by atoms with van der Waals surface area (Å²) >= 11 is 6.92. The maximum atomic E-state index is 12.5. The molecule has 0 bridgehead atoms. The van der Waals surface area contributed by atoms with E-state index in [4.69, 9.17) is 21.1 Å². The molecule has 1 aliphatic heterocycles. The van der Waals surface area contributed by atoms with Gasteiger partial charge in [0.2, 0.25) is 0 Å². The Labute approximate surface area is 177 Å². The molecule has 6 nitrogen and oxygen atoms in total. The van der Waals surface area contributed by atoms with Crippen LogP contribution in [0.3, 0.4) is 0 Å². The van der Waals surface area contributed by atoms with Crippen molar-refractivity contribution in [2.45, 2.75) is 13.5 Å². The zero-order valence-corrected chi connectivity index (χ0v) is 17.2. The molecule has 150 valence electrons. The van der Waals surface area contributed by atoms with Crippen molar-refractivity contribution in [1.82, 2.24) is 4.90 Å². The van der Waals surface area contributed by atoms with Gasteiger partial charge in [-0.05, 0) is 48.5 Å². The minimum absolute atomic E-state index is 0.186. The van der Waals surface area contributed by atoms with Crippen LogP contribution < -0.4 is 4.74 Å². The average molecular weight is 432 g/mol. The fourth-order valence-electron chi connectivity index (χ4n) is 2.59. The van der Waals surface area contributed by atoms with Crippen LogP contribution in [0.2, 0.25) is 5.02 Å². The molecule has 0 aliphatic carbocycles. The van der Waals surface area contributed by atoms with E-state index in [1.54, 1.807) is 43.3 Å². The standard InChI is InChI=1S/C21H18ClNO5S/c1-2-27-19(24)12-23-20(25)18(29-21(23)26)11-14-6-5-8-16(10-14)28-13-15-7-3-4-9-17(15)22/h3-11H,2,12-13H2,1H3/b18-11-. The van der Waals surface area contributed by atoms with Gasteiger partial charge in [0.05, 0.1) is 11.5 Å². The number of ether oxygens (including phenoxy) is 2. The molecule has 8 heteroatoms. The molecule has 1 fully saturated rings. The number of benzene rings is 2. The van der Waals surface area contributed by atoms with Crippen molar-refractivity contribution in [2.75, 3.05) is 13.2 Å². The van der Waals surface area contributed by atoms with Crippen LogP contribution in [0.4, 0.5) is 4.79 Å². The van der Waals surface area contributed by atoms with E-state index in [1.165, 1.54) is 0 Å². The number of esters is 1. The predicted molar refractivity (Wildman–Crippen MR) is 112 cm³/mol. The molecule has 0 atom stereocenters. The van der Waals surface area contributed by atoms with Crippen molar-refractivity contribution >= 4 is 46.6 Å². The summed E-state index contributed by atoms with van der Waals surface area (Å²) in [6.45, 7) is 1.76. The summed E-state index contributed by atoms with van der Waals surface area (Å²) in [5.41, 5.74) is 1.56. The van der Waals surface area contributed by atoms with Crippen molar-refractivity contribution in [1.29, 1.82) is 0 Å². The topological polar surface area (TPSA) is 72.9 Å². The highest BCUT2D eigenvalue weighted by Crippen LogP contribution is 2.32. The van der Waals surface area contributed by atoms with E-state index in [0.717, 1.165) is 22.2 Å². The fourth-order valence-corrected chi connectivity index (χ4v) is 3.62. The van der Waals surface area contributed by atoms with Crippen molar-refractivity contribution in [2.24, 2.45) is 0 Å². The zero-order chi connectivity index (χ0) is 20.8. The number of carbonyl (C=O) groups excluding carboxylic acids is 3. The maximum absolute atomic E-state index is 12.5. The van der Waals surface area contributed by atoms with Gasteiger partial charge in [0.25, 0.3) is 11.1 Å². The molecule has 0 saturated carbocycles. The van der Waals surface area contributed by atoms with Gasteiger partial charge >= 0.3 is 5.97 Å². The zero-order valence-electron chi connectivity index (χ0n) is 15.6. The van der Waals surface area contributed by atoms with Gasteiger partial charge in [-0.2, -0.15) is 0 Å². The largest absolute Gasteiger partial charge is 0.489 e. The normalized spacial score (nSPS) is 15.1. The van der Waals surface area contributed by atoms with Crippen molar-refractivity contribution < 1.29 is 23.9 Å². The third-order valence-corrected chi connectivity index (χ3v) is 5.25. The highest BCUT2D eigenvalue weighted by atomic mass is 35.5. The summed E-state index contributed by atoms with van der Waals surface area (Å²) in [7, 11) is 0. The van der Waals surface area contributed by atoms with E-state index < -0.39 is 23.7 Å². The van der Waals surface area contributed by atoms with Crippen LogP contribution in [0.1, 0.15) is 18.1 Å². The van der Waals surface area contributed by atoms with Gasteiger partial charge in [-0.25, -0.2) is 0 Å². The summed E-state index contributed by atoms with van der Waals surface area (Å²) in [4.78, 5) is 37.2. The average Bonchev–Trinajstić information content (AvgIpc) is 2.95. The highest BCUT2D eigenvalue weighted by molar-refractivity contribution is 8.18. The molecule has 0 N–H and O–H groups in total. The number of hydrogen-bond acceptors (Lipinski definition) is 6. The quantitative estimate of drug-likeness (QED) is 0.474. The molecule has 1 aliphatic rings. The van der Waals surface area contributed by atoms with E-state index in [1.807, 2.05) is 18.2 Å². The van der Waals surface area contributed by atoms with E-state index in [9.17, 15) is 14.4 Å². The smallest absolute Gasteiger partial charge is 0.326 e. The second-order valence-electron chi connectivity index (χ2n) is 6.03. The van der Waals surface area contributed by atoms with Crippen LogP contribution in [0.25, 0.3) is 6.08 Å². The Morgan fingerprint density at radius 1 is 1.17 bits per heavy atom. The number of carbonyl (C=O) groups is 3. The van der Waals surface area contributed by atoms with Crippen LogP contribution in [0.15, 0.2) is 53.4 Å². The predicted octanol–water partition coefficient (Wildman–Crippen LogP) is 4.52. The minimum Gasteiger partial charge on any atom is -0.489 e. The lowest BCUT2D eigenvalue weighted by molar-refractivity contribution is -0.145. The number of hydrogen-bond donors (Lipinski definition) is 0. The lowest BCUT2D eigenvalue weighted by Gasteiger charge is -2.10. The number of imide groups is 1. The Morgan fingerprint density at radius 3 is 2.72 bits per heavy atom. The molecule has 2 aromatic carbocycles. The molecule has 0 aromatic heterocycles. The van der Waals surface area contributed by atoms with Gasteiger partial charge in [-0.3, -0.25) is 19.3 Å². The Bertz CT molecular complexity index is 975. The SMILES string of the molecule is CCOC(=O)CN1C(=O)S/C(=C\c2cccc(OCc3ccccc3Cl)c2)C1=O. The first kappa shape index (κ1) is 21.0. The molecule has 1 saturated heterocycles. The van der Waals surface area contributed by atoms with Gasteiger partial charge in [-0.15, -0.1) is 0 Å². The summed E-state index contributed by atoms with van der Waals surface area (Å²) in [6.07, 6.45) is 1.60. The molecular formula is C21H18ClNO5S. The molecule has 2 aromatic rings. The first-order valence-electron chi connectivity index (χ1n) is 8.85. The van der Waals surface area contributed by atoms with E-state index in [0.29, 0.717) is 22.9 Å². The number of thioether (sulfide) groups is 1. The first-order chi connectivity index (χ1) is 14.0. The number of nitrogens with zero attached hydrogens (tertiary/aromatic N) is 1. The monoisotopic (exact) mass is 431 g/mol. The number of rotatable bonds is 7. The minimum atomic E-state index is -0.619. The Hall–Kier alpha value is -2.77. The molecule has 0 spiro atoms. The van der Waals surface area contributed by atoms with E-state index in [-0.39, 0.29) is 11.5 Å². The van der Waals surface area contributed by atoms with Crippen LogP contribution in [0.5, 0.6) is 5.75 Å². The molecule has 0 radical (unpaired) electrons. The van der Waals surface area contributed by atoms with Gasteiger partial charge < -0.3 is 9.47 Å². The van der Waals surface area contributed by atoms with Crippen molar-refractivity contribution in [3.63, 3.8) is 0 Å². The van der Waals surface area contributed by atoms with Crippen LogP contribution in [-0.2, 0) is 20.9 Å². The van der Waals surface area contributed by atoms with E-state index >= 15 is 0 Å². The molecule has 29 heavy (non-hydrogen) atoms. The van der Waals surface area contributed by atoms with Gasteiger partial charge in [0.15, 0.2) is 0 Å². The molecular weight excluding hydrogens is 414 g/mol. The second-order valence-corrected chi connectivity index (χ2v) is 7.43. The lowest BCUT2D eigenvalue weighted by atomic mass is 10.2. The molecule has 1 heterocycles. The lowest BCUT2D eigenvalue weighted by Crippen LogP contribution is -2.34. The summed E-state index contributed by atoms with van der Waals surface area (Å²) < 4.78 is 10.6. The third-order valence-electron chi connectivity index (χ3n) is 3.97. The van der Waals surface area contributed by atoms with Crippen LogP contribution in [-0.4, -0.2) is 35.2 Å². The van der Waals surface area contributed by atoms with Gasteiger partial charge in [-0.1, -0.05) is 41.9 Å². The van der Waals surface area contributed by atoms with Crippen molar-refractivity contribution in [3.8, 4) is 5.75 Å². The van der Waals surface area contributed by atoms with Gasteiger partial charge in [0, 0.05) is 10.6 Å². The molecule has 3 rings (SSSR count). The number of halogens is 1. The Morgan fingerprint density at radius 2 is 1.97 bits per heavy atom.